The van der Waals surface area contributed by atoms with Crippen LogP contribution < -0.4 is 5.32 Å². The molecular formula is C17H23N3O2. The van der Waals surface area contributed by atoms with E-state index in [9.17, 15) is 4.79 Å². The topological polar surface area (TPSA) is 56.1 Å². The Morgan fingerprint density at radius 1 is 1.32 bits per heavy atom. The first-order valence-electron chi connectivity index (χ1n) is 7.61. The quantitative estimate of drug-likeness (QED) is 0.762. The average Bonchev–Trinajstić information content (AvgIpc) is 3.00. The van der Waals surface area contributed by atoms with E-state index < -0.39 is 0 Å². The van der Waals surface area contributed by atoms with Crippen LogP contribution in [0.25, 0.3) is 0 Å². The van der Waals surface area contributed by atoms with Gasteiger partial charge in [-0.25, -0.2) is 0 Å². The van der Waals surface area contributed by atoms with Crippen molar-refractivity contribution in [2.45, 2.75) is 32.9 Å². The van der Waals surface area contributed by atoms with Crippen molar-refractivity contribution in [2.24, 2.45) is 0 Å². The highest BCUT2D eigenvalue weighted by atomic mass is 16.5. The molecule has 0 unspecified atom stereocenters. The Morgan fingerprint density at radius 2 is 2.09 bits per heavy atom. The Bertz CT molecular complexity index is 562. The number of rotatable bonds is 8. The number of ether oxygens (including phenoxy) is 1. The van der Waals surface area contributed by atoms with Crippen LogP contribution in [-0.4, -0.2) is 34.9 Å². The second-order valence-corrected chi connectivity index (χ2v) is 5.43. The Hall–Kier alpha value is -2.14. The van der Waals surface area contributed by atoms with Gasteiger partial charge in [0, 0.05) is 31.1 Å². The zero-order valence-electron chi connectivity index (χ0n) is 13.2. The third-order valence-electron chi connectivity index (χ3n) is 3.18. The molecule has 1 aromatic carbocycles. The average molecular weight is 301 g/mol. The number of nitrogens with zero attached hydrogens (tertiary/aromatic N) is 2. The van der Waals surface area contributed by atoms with Gasteiger partial charge in [0.2, 0.25) is 0 Å². The summed E-state index contributed by atoms with van der Waals surface area (Å²) in [6.45, 7) is 6.01. The molecular weight excluding hydrogens is 278 g/mol. The van der Waals surface area contributed by atoms with Crippen LogP contribution in [0.1, 0.15) is 36.2 Å². The van der Waals surface area contributed by atoms with Crippen molar-refractivity contribution in [3.8, 4) is 0 Å². The van der Waals surface area contributed by atoms with E-state index in [4.69, 9.17) is 4.74 Å². The van der Waals surface area contributed by atoms with Crippen molar-refractivity contribution in [3.63, 3.8) is 0 Å². The highest BCUT2D eigenvalue weighted by Crippen LogP contribution is 2.06. The summed E-state index contributed by atoms with van der Waals surface area (Å²) in [5.74, 6) is -0.0461. The molecule has 0 aliphatic rings. The minimum Gasteiger partial charge on any atom is -0.379 e. The van der Waals surface area contributed by atoms with Gasteiger partial charge in [-0.1, -0.05) is 12.1 Å². The standard InChI is InChI=1S/C17H23N3O2/c1-14(2)22-12-4-9-18-17(21)16-7-5-15(6-8-16)13-20-11-3-10-19-20/h3,5-8,10-11,14H,4,9,12-13H2,1-2H3,(H,18,21). The molecule has 0 aliphatic heterocycles. The Morgan fingerprint density at radius 3 is 2.73 bits per heavy atom. The van der Waals surface area contributed by atoms with Gasteiger partial charge in [0.05, 0.1) is 12.6 Å². The van der Waals surface area contributed by atoms with Gasteiger partial charge in [0.15, 0.2) is 0 Å². The minimum atomic E-state index is -0.0461. The van der Waals surface area contributed by atoms with Gasteiger partial charge in [0.1, 0.15) is 0 Å². The van der Waals surface area contributed by atoms with Crippen LogP contribution in [0.4, 0.5) is 0 Å². The van der Waals surface area contributed by atoms with E-state index in [1.54, 1.807) is 6.20 Å². The molecule has 0 saturated heterocycles. The lowest BCUT2D eigenvalue weighted by Gasteiger charge is -2.09. The second kappa shape index (κ2) is 8.34. The van der Waals surface area contributed by atoms with Crippen LogP contribution in [0.3, 0.4) is 0 Å². The van der Waals surface area contributed by atoms with E-state index in [1.165, 1.54) is 0 Å². The van der Waals surface area contributed by atoms with E-state index in [2.05, 4.69) is 10.4 Å². The summed E-state index contributed by atoms with van der Waals surface area (Å²) in [6, 6.07) is 9.50. The molecule has 0 fully saturated rings. The third-order valence-corrected chi connectivity index (χ3v) is 3.18. The van der Waals surface area contributed by atoms with Crippen molar-refractivity contribution in [3.05, 3.63) is 53.9 Å². The number of nitrogens with one attached hydrogen (secondary N) is 1. The van der Waals surface area contributed by atoms with Gasteiger partial charge >= 0.3 is 0 Å². The van der Waals surface area contributed by atoms with E-state index in [1.807, 2.05) is 55.1 Å². The normalized spacial score (nSPS) is 10.9. The van der Waals surface area contributed by atoms with Gasteiger partial charge in [-0.2, -0.15) is 5.10 Å². The molecule has 0 saturated carbocycles. The zero-order valence-corrected chi connectivity index (χ0v) is 13.2. The van der Waals surface area contributed by atoms with Crippen LogP contribution in [0.2, 0.25) is 0 Å². The van der Waals surface area contributed by atoms with Crippen LogP contribution in [-0.2, 0) is 11.3 Å². The number of carbonyl (C=O) groups is 1. The molecule has 0 radical (unpaired) electrons. The molecule has 5 heteroatoms. The Labute approximate surface area is 131 Å². The van der Waals surface area contributed by atoms with Crippen molar-refractivity contribution >= 4 is 5.91 Å². The number of benzene rings is 1. The summed E-state index contributed by atoms with van der Waals surface area (Å²) in [7, 11) is 0. The monoisotopic (exact) mass is 301 g/mol. The van der Waals surface area contributed by atoms with Crippen LogP contribution in [0.15, 0.2) is 42.7 Å². The van der Waals surface area contributed by atoms with E-state index >= 15 is 0 Å². The zero-order chi connectivity index (χ0) is 15.8. The largest absolute Gasteiger partial charge is 0.379 e. The maximum absolute atomic E-state index is 12.0. The lowest BCUT2D eigenvalue weighted by atomic mass is 10.1. The molecule has 0 spiro atoms. The van der Waals surface area contributed by atoms with Gasteiger partial charge in [-0.15, -0.1) is 0 Å². The molecule has 0 bridgehead atoms. The fourth-order valence-electron chi connectivity index (χ4n) is 2.04. The molecule has 2 aromatic rings. The number of hydrogen-bond acceptors (Lipinski definition) is 3. The molecule has 1 N–H and O–H groups in total. The highest BCUT2D eigenvalue weighted by molar-refractivity contribution is 5.94. The maximum Gasteiger partial charge on any atom is 0.251 e. The fourth-order valence-corrected chi connectivity index (χ4v) is 2.04. The first kappa shape index (κ1) is 16.2. The van der Waals surface area contributed by atoms with E-state index in [-0.39, 0.29) is 12.0 Å². The molecule has 5 nitrogen and oxygen atoms in total. The Kier molecular flexibility index (Phi) is 6.15. The first-order valence-corrected chi connectivity index (χ1v) is 7.61. The fraction of sp³-hybridized carbons (Fsp3) is 0.412. The Balaban J connectivity index is 1.76. The van der Waals surface area contributed by atoms with Crippen molar-refractivity contribution in [2.75, 3.05) is 13.2 Å². The predicted octanol–water partition coefficient (Wildman–Crippen LogP) is 2.48. The maximum atomic E-state index is 12.0. The summed E-state index contributed by atoms with van der Waals surface area (Å²) in [6.07, 6.45) is 4.73. The summed E-state index contributed by atoms with van der Waals surface area (Å²) in [5, 5.41) is 7.07. The first-order chi connectivity index (χ1) is 10.6. The lowest BCUT2D eigenvalue weighted by Crippen LogP contribution is -2.25. The van der Waals surface area contributed by atoms with Crippen LogP contribution >= 0.6 is 0 Å². The van der Waals surface area contributed by atoms with Crippen molar-refractivity contribution in [1.29, 1.82) is 0 Å². The highest BCUT2D eigenvalue weighted by Gasteiger charge is 2.05. The molecule has 1 heterocycles. The van der Waals surface area contributed by atoms with Crippen molar-refractivity contribution in [1.82, 2.24) is 15.1 Å². The second-order valence-electron chi connectivity index (χ2n) is 5.43. The molecule has 0 atom stereocenters. The third kappa shape index (κ3) is 5.33. The van der Waals surface area contributed by atoms with Crippen molar-refractivity contribution < 1.29 is 9.53 Å². The summed E-state index contributed by atoms with van der Waals surface area (Å²) in [4.78, 5) is 12.0. The lowest BCUT2D eigenvalue weighted by molar-refractivity contribution is 0.0757. The summed E-state index contributed by atoms with van der Waals surface area (Å²) >= 11 is 0. The van der Waals surface area contributed by atoms with Crippen LogP contribution in [0, 0.1) is 0 Å². The molecule has 1 aromatic heterocycles. The summed E-state index contributed by atoms with van der Waals surface area (Å²) in [5.41, 5.74) is 1.79. The number of amides is 1. The van der Waals surface area contributed by atoms with E-state index in [0.29, 0.717) is 25.3 Å². The predicted molar refractivity (Wildman–Crippen MR) is 85.8 cm³/mol. The van der Waals surface area contributed by atoms with E-state index in [0.717, 1.165) is 12.0 Å². The number of aromatic nitrogens is 2. The van der Waals surface area contributed by atoms with Gasteiger partial charge in [-0.05, 0) is 44.0 Å². The molecule has 2 rings (SSSR count). The molecule has 1 amide bonds. The summed E-state index contributed by atoms with van der Waals surface area (Å²) < 4.78 is 7.29. The van der Waals surface area contributed by atoms with Crippen LogP contribution in [0.5, 0.6) is 0 Å². The smallest absolute Gasteiger partial charge is 0.251 e. The van der Waals surface area contributed by atoms with Gasteiger partial charge in [0.25, 0.3) is 5.91 Å². The SMILES string of the molecule is CC(C)OCCCNC(=O)c1ccc(Cn2cccn2)cc1. The number of carbonyl (C=O) groups excluding carboxylic acids is 1. The molecule has 0 aliphatic carbocycles. The van der Waals surface area contributed by atoms with Gasteiger partial charge < -0.3 is 10.1 Å². The minimum absolute atomic E-state index is 0.0461. The molecule has 22 heavy (non-hydrogen) atoms. The molecule has 118 valence electrons. The van der Waals surface area contributed by atoms with Gasteiger partial charge in [-0.3, -0.25) is 9.48 Å². The number of hydrogen-bond donors (Lipinski definition) is 1.